The number of carbonyl (C=O) groups is 1. The van der Waals surface area contributed by atoms with Crippen molar-refractivity contribution in [3.63, 3.8) is 0 Å². The maximum absolute atomic E-state index is 13.0. The molecule has 0 saturated carbocycles. The van der Waals surface area contributed by atoms with Crippen LogP contribution in [0.5, 0.6) is 5.75 Å². The Kier molecular flexibility index (Phi) is 11.5. The maximum atomic E-state index is 13.0. The standard InChI is InChI=1S/C31H31F3N2O6/c1-5-41-36-29(18-35-42-21(2)26-11-6-7-12-27(26)28(20-38-3)30(37)39-4)23-13-15-25(16-14-23)40-19-22-9-8-10-24(17-22)31(32,33)34/h6-18,20-21H,5,19H2,1-4H3. The third-order valence-electron chi connectivity index (χ3n) is 5.83. The topological polar surface area (TPSA) is 87.9 Å². The summed E-state index contributed by atoms with van der Waals surface area (Å²) in [4.78, 5) is 23.2. The number of methoxy groups -OCH3 is 2. The zero-order valence-electron chi connectivity index (χ0n) is 23.6. The Hall–Kier alpha value is -4.80. The third-order valence-corrected chi connectivity index (χ3v) is 5.83. The Balaban J connectivity index is 1.72. The molecule has 1 atom stereocenters. The zero-order chi connectivity index (χ0) is 30.5. The van der Waals surface area contributed by atoms with Gasteiger partial charge in [-0.15, -0.1) is 0 Å². The normalized spacial score (nSPS) is 13.0. The molecule has 3 rings (SSSR count). The monoisotopic (exact) mass is 584 g/mol. The largest absolute Gasteiger partial charge is 0.503 e. The summed E-state index contributed by atoms with van der Waals surface area (Å²) in [5, 5.41) is 8.18. The molecular formula is C31H31F3N2O6. The number of rotatable bonds is 13. The van der Waals surface area contributed by atoms with E-state index in [1.165, 1.54) is 32.8 Å². The highest BCUT2D eigenvalue weighted by molar-refractivity contribution is 6.37. The van der Waals surface area contributed by atoms with Crippen LogP contribution in [-0.4, -0.2) is 38.7 Å². The quantitative estimate of drug-likeness (QED) is 0.0711. The Morgan fingerprint density at radius 2 is 1.74 bits per heavy atom. The van der Waals surface area contributed by atoms with E-state index in [0.717, 1.165) is 12.1 Å². The van der Waals surface area contributed by atoms with Gasteiger partial charge in [-0.3, -0.25) is 0 Å². The van der Waals surface area contributed by atoms with Gasteiger partial charge in [-0.05, 0) is 61.4 Å². The molecule has 0 radical (unpaired) electrons. The average Bonchev–Trinajstić information content (AvgIpc) is 3.00. The van der Waals surface area contributed by atoms with Gasteiger partial charge in [0, 0.05) is 11.1 Å². The lowest BCUT2D eigenvalue weighted by molar-refractivity contribution is -0.137. The molecule has 0 bridgehead atoms. The van der Waals surface area contributed by atoms with Crippen molar-refractivity contribution in [2.75, 3.05) is 20.8 Å². The van der Waals surface area contributed by atoms with Gasteiger partial charge < -0.3 is 23.9 Å². The van der Waals surface area contributed by atoms with Gasteiger partial charge in [0.25, 0.3) is 0 Å². The predicted molar refractivity (Wildman–Crippen MR) is 152 cm³/mol. The Labute approximate surface area is 242 Å². The first-order valence-corrected chi connectivity index (χ1v) is 12.9. The molecule has 42 heavy (non-hydrogen) atoms. The fourth-order valence-corrected chi connectivity index (χ4v) is 3.79. The summed E-state index contributed by atoms with van der Waals surface area (Å²) in [6.45, 7) is 3.84. The highest BCUT2D eigenvalue weighted by Gasteiger charge is 2.30. The van der Waals surface area contributed by atoms with Crippen LogP contribution >= 0.6 is 0 Å². The first-order valence-electron chi connectivity index (χ1n) is 12.9. The smallest absolute Gasteiger partial charge is 0.416 e. The lowest BCUT2D eigenvalue weighted by atomic mass is 9.97. The second-order valence-corrected chi connectivity index (χ2v) is 8.73. The van der Waals surface area contributed by atoms with Crippen molar-refractivity contribution >= 4 is 23.5 Å². The van der Waals surface area contributed by atoms with Gasteiger partial charge in [0.15, 0.2) is 0 Å². The molecule has 0 fully saturated rings. The van der Waals surface area contributed by atoms with Gasteiger partial charge in [-0.25, -0.2) is 4.79 Å². The number of hydrogen-bond donors (Lipinski definition) is 0. The highest BCUT2D eigenvalue weighted by Crippen LogP contribution is 2.30. The number of alkyl halides is 3. The summed E-state index contributed by atoms with van der Waals surface area (Å²) in [7, 11) is 2.72. The fraction of sp³-hybridized carbons (Fsp3) is 0.258. The molecule has 0 spiro atoms. The summed E-state index contributed by atoms with van der Waals surface area (Å²) in [6, 6.07) is 18.9. The molecule has 8 nitrogen and oxygen atoms in total. The van der Waals surface area contributed by atoms with Gasteiger partial charge in [0.1, 0.15) is 36.4 Å². The van der Waals surface area contributed by atoms with Crippen LogP contribution in [0.4, 0.5) is 13.2 Å². The molecule has 0 aliphatic rings. The summed E-state index contributed by atoms with van der Waals surface area (Å²) >= 11 is 0. The van der Waals surface area contributed by atoms with E-state index in [4.69, 9.17) is 23.9 Å². The van der Waals surface area contributed by atoms with Crippen LogP contribution < -0.4 is 4.74 Å². The third kappa shape index (κ3) is 8.85. The van der Waals surface area contributed by atoms with Crippen LogP contribution in [0.15, 0.2) is 89.4 Å². The van der Waals surface area contributed by atoms with Crippen LogP contribution in [-0.2, 0) is 36.7 Å². The highest BCUT2D eigenvalue weighted by atomic mass is 19.4. The van der Waals surface area contributed by atoms with Crippen molar-refractivity contribution in [2.45, 2.75) is 32.7 Å². The lowest BCUT2D eigenvalue weighted by Crippen LogP contribution is -2.09. The van der Waals surface area contributed by atoms with E-state index in [1.807, 2.05) is 6.07 Å². The number of benzene rings is 3. The van der Waals surface area contributed by atoms with Gasteiger partial charge in [0.05, 0.1) is 32.3 Å². The molecular weight excluding hydrogens is 553 g/mol. The van der Waals surface area contributed by atoms with E-state index in [-0.39, 0.29) is 12.2 Å². The minimum absolute atomic E-state index is 0.0327. The predicted octanol–water partition coefficient (Wildman–Crippen LogP) is 6.95. The maximum Gasteiger partial charge on any atom is 0.416 e. The van der Waals surface area contributed by atoms with E-state index in [1.54, 1.807) is 62.4 Å². The van der Waals surface area contributed by atoms with Crippen LogP contribution in [0.1, 0.15) is 47.8 Å². The number of carbonyl (C=O) groups excluding carboxylic acids is 1. The molecule has 222 valence electrons. The van der Waals surface area contributed by atoms with Gasteiger partial charge in [-0.1, -0.05) is 46.7 Å². The minimum atomic E-state index is -4.42. The lowest BCUT2D eigenvalue weighted by Gasteiger charge is -2.16. The molecule has 3 aromatic carbocycles. The minimum Gasteiger partial charge on any atom is -0.503 e. The van der Waals surface area contributed by atoms with E-state index >= 15 is 0 Å². The molecule has 0 amide bonds. The van der Waals surface area contributed by atoms with Crippen molar-refractivity contribution in [1.29, 1.82) is 0 Å². The first-order chi connectivity index (χ1) is 20.2. The number of halogens is 3. The molecule has 3 aromatic rings. The van der Waals surface area contributed by atoms with Gasteiger partial charge in [-0.2, -0.15) is 13.2 Å². The number of oxime groups is 2. The Morgan fingerprint density at radius 1 is 1.00 bits per heavy atom. The van der Waals surface area contributed by atoms with Crippen LogP contribution in [0.3, 0.4) is 0 Å². The molecule has 0 heterocycles. The van der Waals surface area contributed by atoms with E-state index in [0.29, 0.717) is 40.3 Å². The number of esters is 1. The molecule has 0 saturated heterocycles. The number of nitrogens with zero attached hydrogens (tertiary/aromatic N) is 2. The fourth-order valence-electron chi connectivity index (χ4n) is 3.79. The van der Waals surface area contributed by atoms with Crippen molar-refractivity contribution < 1.29 is 41.9 Å². The van der Waals surface area contributed by atoms with E-state index in [9.17, 15) is 18.0 Å². The zero-order valence-corrected chi connectivity index (χ0v) is 23.6. The molecule has 0 aromatic heterocycles. The van der Waals surface area contributed by atoms with Crippen molar-refractivity contribution in [3.8, 4) is 5.75 Å². The SMILES string of the molecule is CCON=C(C=NOC(C)c1ccccc1C(=COC)C(=O)OC)c1ccc(OCc2cccc(C(F)(F)F)c2)cc1. The molecule has 0 aliphatic heterocycles. The number of ether oxygens (including phenoxy) is 3. The van der Waals surface area contributed by atoms with Crippen LogP contribution in [0.2, 0.25) is 0 Å². The molecule has 1 unspecified atom stereocenters. The first kappa shape index (κ1) is 31.7. The second kappa shape index (κ2) is 15.3. The van der Waals surface area contributed by atoms with E-state index in [2.05, 4.69) is 10.3 Å². The summed E-state index contributed by atoms with van der Waals surface area (Å²) in [5.41, 5.74) is 2.12. The van der Waals surface area contributed by atoms with Crippen molar-refractivity contribution in [2.24, 2.45) is 10.3 Å². The summed E-state index contributed by atoms with van der Waals surface area (Å²) in [6.07, 6.45) is -2.30. The second-order valence-electron chi connectivity index (χ2n) is 8.73. The van der Waals surface area contributed by atoms with Gasteiger partial charge in [0.2, 0.25) is 0 Å². The Morgan fingerprint density at radius 3 is 2.40 bits per heavy atom. The molecule has 11 heteroatoms. The Bertz CT molecular complexity index is 1420. The van der Waals surface area contributed by atoms with Crippen LogP contribution in [0, 0.1) is 0 Å². The molecule has 0 aliphatic carbocycles. The summed E-state index contributed by atoms with van der Waals surface area (Å²) in [5.74, 6) is -0.107. The van der Waals surface area contributed by atoms with E-state index < -0.39 is 23.8 Å². The van der Waals surface area contributed by atoms with Gasteiger partial charge >= 0.3 is 12.1 Å². The van der Waals surface area contributed by atoms with Crippen molar-refractivity contribution in [3.05, 3.63) is 107 Å². The van der Waals surface area contributed by atoms with Crippen LogP contribution in [0.25, 0.3) is 5.57 Å². The van der Waals surface area contributed by atoms with Crippen molar-refractivity contribution in [1.82, 2.24) is 0 Å². The number of hydrogen-bond acceptors (Lipinski definition) is 8. The molecule has 0 N–H and O–H groups in total. The summed E-state index contributed by atoms with van der Waals surface area (Å²) < 4.78 is 54.5. The average molecular weight is 585 g/mol.